The average molecular weight is 955 g/mol. The lowest BCUT2D eigenvalue weighted by Crippen LogP contribution is -2.00. The molecular weight excluding hydrogens is 913 g/mol. The van der Waals surface area contributed by atoms with Gasteiger partial charge >= 0.3 is 17.9 Å². The quantitative estimate of drug-likeness (QED) is 0.0897. The van der Waals surface area contributed by atoms with Crippen LogP contribution in [0.1, 0.15) is 31.1 Å². The molecule has 0 aliphatic carbocycles. The van der Waals surface area contributed by atoms with E-state index < -0.39 is 0 Å². The molecule has 69 heavy (non-hydrogen) atoms. The zero-order chi connectivity index (χ0) is 47.4. The first-order valence-corrected chi connectivity index (χ1v) is 24.5. The summed E-state index contributed by atoms with van der Waals surface area (Å²) in [5.74, 6) is -1.04. The Balaban J connectivity index is 0.940. The van der Waals surface area contributed by atoms with Crippen LogP contribution in [-0.2, 0) is 14.2 Å². The fourth-order valence-corrected chi connectivity index (χ4v) is 11.3. The van der Waals surface area contributed by atoms with Gasteiger partial charge in [-0.15, -0.1) is 34.0 Å². The first-order chi connectivity index (χ1) is 33.7. The predicted octanol–water partition coefficient (Wildman–Crippen LogP) is 16.2. The molecule has 0 unspecified atom stereocenters. The Morgan fingerprint density at radius 1 is 0.246 bits per heavy atom. The van der Waals surface area contributed by atoms with Crippen molar-refractivity contribution in [2.45, 2.75) is 0 Å². The van der Waals surface area contributed by atoms with Crippen molar-refractivity contribution in [1.29, 1.82) is 0 Å². The SMILES string of the molecule is COC(=O)c1ccc(-c2ccc(-c3ccc(-c4cc(-c5ccc(-c6ccc(-c7ccc(C(=O)OC)cc7)s6)cc5)cc(-c5ccc(-c6ccc(-c7ccc(C(=O)OC)cc7)s6)cc5)c4)cc3)s2)cc1. The Morgan fingerprint density at radius 3 is 0.609 bits per heavy atom. The minimum absolute atomic E-state index is 0.346. The maximum absolute atomic E-state index is 12.0. The highest BCUT2D eigenvalue weighted by atomic mass is 32.1. The van der Waals surface area contributed by atoms with E-state index in [1.165, 1.54) is 21.3 Å². The predicted molar refractivity (Wildman–Crippen MR) is 283 cm³/mol. The Kier molecular flexibility index (Phi) is 12.8. The van der Waals surface area contributed by atoms with Crippen LogP contribution in [0.15, 0.2) is 200 Å². The second kappa shape index (κ2) is 19.7. The van der Waals surface area contributed by atoms with Crippen LogP contribution in [0, 0.1) is 0 Å². The molecule has 0 saturated carbocycles. The summed E-state index contributed by atoms with van der Waals surface area (Å²) in [6, 6.07) is 68.5. The van der Waals surface area contributed by atoms with E-state index in [1.54, 1.807) is 70.4 Å². The van der Waals surface area contributed by atoms with Crippen molar-refractivity contribution < 1.29 is 28.6 Å². The molecule has 0 radical (unpaired) electrons. The van der Waals surface area contributed by atoms with E-state index in [9.17, 15) is 14.4 Å². The van der Waals surface area contributed by atoms with Crippen LogP contribution in [0.3, 0.4) is 0 Å². The maximum Gasteiger partial charge on any atom is 0.337 e. The van der Waals surface area contributed by atoms with Gasteiger partial charge in [0.25, 0.3) is 0 Å². The summed E-state index contributed by atoms with van der Waals surface area (Å²) in [7, 11) is 4.17. The second-order valence-electron chi connectivity index (χ2n) is 16.2. The van der Waals surface area contributed by atoms with Crippen LogP contribution >= 0.6 is 34.0 Å². The van der Waals surface area contributed by atoms with Gasteiger partial charge in [-0.25, -0.2) is 14.4 Å². The van der Waals surface area contributed by atoms with Crippen molar-refractivity contribution in [2.24, 2.45) is 0 Å². The fourth-order valence-electron chi connectivity index (χ4n) is 8.22. The lowest BCUT2D eigenvalue weighted by Gasteiger charge is -2.13. The Bertz CT molecular complexity index is 3070. The molecule has 0 N–H and O–H groups in total. The van der Waals surface area contributed by atoms with E-state index in [0.717, 1.165) is 96.0 Å². The van der Waals surface area contributed by atoms with Crippen LogP contribution in [0.4, 0.5) is 0 Å². The number of hydrogen-bond donors (Lipinski definition) is 0. The number of benzene rings is 7. The van der Waals surface area contributed by atoms with Gasteiger partial charge < -0.3 is 14.2 Å². The standard InChI is InChI=1S/C60H42O6S3/c1-64-58(61)46-22-16-43(17-23-46)55-31-28-52(67-55)40-10-4-37(5-11-40)49-34-50(38-6-12-41(13-7-38)53-29-32-56(68-53)44-18-24-47(25-19-44)59(62)65-2)36-51(35-49)39-8-14-42(15-9-39)54-30-33-57(69-54)45-20-26-48(27-21-45)60(63)66-3/h4-36H,1-3H3. The number of methoxy groups -OCH3 is 3. The Labute approximate surface area is 412 Å². The Morgan fingerprint density at radius 2 is 0.420 bits per heavy atom. The largest absolute Gasteiger partial charge is 0.465 e. The molecule has 0 bridgehead atoms. The van der Waals surface area contributed by atoms with Gasteiger partial charge in [-0.2, -0.15) is 0 Å². The molecule has 0 spiro atoms. The minimum Gasteiger partial charge on any atom is -0.465 e. The molecule has 0 saturated heterocycles. The van der Waals surface area contributed by atoms with E-state index in [2.05, 4.69) is 127 Å². The minimum atomic E-state index is -0.346. The molecule has 10 rings (SSSR count). The van der Waals surface area contributed by atoms with E-state index in [0.29, 0.717) is 16.7 Å². The molecule has 336 valence electrons. The smallest absolute Gasteiger partial charge is 0.337 e. The molecule has 3 aromatic heterocycles. The van der Waals surface area contributed by atoms with Gasteiger partial charge in [0.1, 0.15) is 0 Å². The number of rotatable bonds is 12. The maximum atomic E-state index is 12.0. The lowest BCUT2D eigenvalue weighted by molar-refractivity contribution is 0.0592. The first kappa shape index (κ1) is 44.9. The normalized spacial score (nSPS) is 11.0. The molecule has 6 nitrogen and oxygen atoms in total. The number of hydrogen-bond acceptors (Lipinski definition) is 9. The van der Waals surface area contributed by atoms with Gasteiger partial charge in [-0.3, -0.25) is 0 Å². The number of carbonyl (C=O) groups excluding carboxylic acids is 3. The zero-order valence-corrected chi connectivity index (χ0v) is 40.2. The molecule has 0 aliphatic heterocycles. The van der Waals surface area contributed by atoms with Crippen LogP contribution in [0.25, 0.3) is 96.0 Å². The van der Waals surface area contributed by atoms with Gasteiger partial charge in [-0.1, -0.05) is 109 Å². The topological polar surface area (TPSA) is 78.9 Å². The van der Waals surface area contributed by atoms with Crippen molar-refractivity contribution in [1.82, 2.24) is 0 Å². The first-order valence-electron chi connectivity index (χ1n) is 22.1. The third-order valence-electron chi connectivity index (χ3n) is 12.0. The molecule has 0 amide bonds. The highest BCUT2D eigenvalue weighted by Gasteiger charge is 2.14. The van der Waals surface area contributed by atoms with Crippen molar-refractivity contribution in [2.75, 3.05) is 21.3 Å². The third-order valence-corrected chi connectivity index (χ3v) is 15.6. The van der Waals surface area contributed by atoms with E-state index in [-0.39, 0.29) is 17.9 Å². The molecule has 10 aromatic rings. The molecule has 9 heteroatoms. The van der Waals surface area contributed by atoms with Crippen molar-refractivity contribution in [3.63, 3.8) is 0 Å². The summed E-state index contributed by atoms with van der Waals surface area (Å²) >= 11 is 5.15. The van der Waals surface area contributed by atoms with Gasteiger partial charge in [0.05, 0.1) is 38.0 Å². The van der Waals surface area contributed by atoms with E-state index >= 15 is 0 Å². The highest BCUT2D eigenvalue weighted by molar-refractivity contribution is 7.19. The summed E-state index contributed by atoms with van der Waals surface area (Å²) in [4.78, 5) is 42.8. The van der Waals surface area contributed by atoms with Gasteiger partial charge in [-0.05, 0) is 158 Å². The summed E-state index contributed by atoms with van der Waals surface area (Å²) < 4.78 is 14.6. The molecule has 0 aliphatic rings. The van der Waals surface area contributed by atoms with Gasteiger partial charge in [0.15, 0.2) is 0 Å². The van der Waals surface area contributed by atoms with Crippen molar-refractivity contribution >= 4 is 51.9 Å². The molecule has 0 fully saturated rings. The summed E-state index contributed by atoms with van der Waals surface area (Å²) in [5, 5.41) is 0. The second-order valence-corrected chi connectivity index (χ2v) is 19.5. The highest BCUT2D eigenvalue weighted by Crippen LogP contribution is 2.41. The van der Waals surface area contributed by atoms with Crippen molar-refractivity contribution in [3.05, 3.63) is 217 Å². The zero-order valence-electron chi connectivity index (χ0n) is 37.7. The lowest BCUT2D eigenvalue weighted by atomic mass is 9.92. The van der Waals surface area contributed by atoms with Crippen LogP contribution in [0.2, 0.25) is 0 Å². The number of thiophene rings is 3. The van der Waals surface area contributed by atoms with Crippen LogP contribution < -0.4 is 0 Å². The number of ether oxygens (including phenoxy) is 3. The van der Waals surface area contributed by atoms with E-state index in [1.807, 2.05) is 36.4 Å². The van der Waals surface area contributed by atoms with Crippen molar-refractivity contribution in [3.8, 4) is 96.0 Å². The summed E-state index contributed by atoms with van der Waals surface area (Å²) in [5.41, 5.74) is 14.8. The molecule has 3 heterocycles. The van der Waals surface area contributed by atoms with Gasteiger partial charge in [0, 0.05) is 29.3 Å². The Hall–Kier alpha value is -7.95. The van der Waals surface area contributed by atoms with Crippen LogP contribution in [0.5, 0.6) is 0 Å². The average Bonchev–Trinajstić information content (AvgIpc) is 4.24. The fraction of sp³-hybridized carbons (Fsp3) is 0.0500. The van der Waals surface area contributed by atoms with Crippen LogP contribution in [-0.4, -0.2) is 39.2 Å². The number of carbonyl (C=O) groups is 3. The van der Waals surface area contributed by atoms with E-state index in [4.69, 9.17) is 14.2 Å². The number of esters is 3. The molecule has 0 atom stereocenters. The summed E-state index contributed by atoms with van der Waals surface area (Å²) in [6.07, 6.45) is 0. The third kappa shape index (κ3) is 9.62. The monoisotopic (exact) mass is 954 g/mol. The summed E-state index contributed by atoms with van der Waals surface area (Å²) in [6.45, 7) is 0. The van der Waals surface area contributed by atoms with Gasteiger partial charge in [0.2, 0.25) is 0 Å². The molecule has 7 aromatic carbocycles. The molecular formula is C60H42O6S3.